The summed E-state index contributed by atoms with van der Waals surface area (Å²) in [7, 11) is 0. The molecule has 2 rings (SSSR count). The maximum absolute atomic E-state index is 11.9. The molecule has 0 unspecified atom stereocenters. The minimum Gasteiger partial charge on any atom is -0.398 e. The van der Waals surface area contributed by atoms with Gasteiger partial charge in [-0.2, -0.15) is 0 Å². The maximum atomic E-state index is 11.9. The Kier molecular flexibility index (Phi) is 3.88. The Labute approximate surface area is 99.8 Å². The van der Waals surface area contributed by atoms with Gasteiger partial charge in [0.25, 0.3) is 0 Å². The molecule has 0 atom stereocenters. The Balaban J connectivity index is 2.13. The Morgan fingerprint density at radius 2 is 2.12 bits per heavy atom. The molecule has 17 heavy (non-hydrogen) atoms. The second kappa shape index (κ2) is 5.59. The highest BCUT2D eigenvalue weighted by molar-refractivity contribution is 5.90. The van der Waals surface area contributed by atoms with E-state index in [1.807, 2.05) is 30.3 Å². The highest BCUT2D eigenvalue weighted by Gasteiger charge is 2.02. The van der Waals surface area contributed by atoms with E-state index in [1.165, 1.54) is 0 Å². The van der Waals surface area contributed by atoms with Crippen LogP contribution in [0.3, 0.4) is 0 Å². The third-order valence-electron chi connectivity index (χ3n) is 2.59. The number of nitrogens with two attached hydrogens (primary N) is 1. The Hall–Kier alpha value is -1.68. The molecule has 3 nitrogen and oxygen atoms in total. The van der Waals surface area contributed by atoms with Gasteiger partial charge in [0.15, 0.2) is 0 Å². The maximum Gasteiger partial charge on any atom is 0.0906 e. The number of benzene rings is 1. The number of rotatable bonds is 5. The number of fused-ring (bicyclic) bond motifs is 1. The monoisotopic (exact) mass is 233 g/mol. The summed E-state index contributed by atoms with van der Waals surface area (Å²) in [6.07, 6.45) is 0.531. The van der Waals surface area contributed by atoms with Gasteiger partial charge in [0.05, 0.1) is 17.9 Å². The summed E-state index contributed by atoms with van der Waals surface area (Å²) in [6.45, 7) is 0.986. The molecule has 0 saturated heterocycles. The number of hydrogen-bond acceptors (Lipinski definition) is 3. The van der Waals surface area contributed by atoms with Gasteiger partial charge in [-0.05, 0) is 25.1 Å². The van der Waals surface area contributed by atoms with Gasteiger partial charge in [-0.15, -0.1) is 0 Å². The molecule has 1 aromatic carbocycles. The lowest BCUT2D eigenvalue weighted by Gasteiger charge is -2.07. The average molecular weight is 233 g/mol. The van der Waals surface area contributed by atoms with E-state index in [4.69, 9.17) is 5.73 Å². The molecule has 0 aliphatic carbocycles. The molecule has 0 radical (unpaired) electrons. The van der Waals surface area contributed by atoms with Crippen molar-refractivity contribution in [2.24, 2.45) is 0 Å². The summed E-state index contributed by atoms with van der Waals surface area (Å²) >= 11 is 0. The van der Waals surface area contributed by atoms with Gasteiger partial charge in [0.1, 0.15) is 0 Å². The van der Waals surface area contributed by atoms with Gasteiger partial charge >= 0.3 is 0 Å². The van der Waals surface area contributed by atoms with Crippen LogP contribution in [0.25, 0.3) is 10.9 Å². The second-order valence-corrected chi connectivity index (χ2v) is 3.94. The average Bonchev–Trinajstić information content (AvgIpc) is 2.35. The van der Waals surface area contributed by atoms with E-state index in [9.17, 15) is 4.39 Å². The zero-order valence-corrected chi connectivity index (χ0v) is 9.62. The van der Waals surface area contributed by atoms with Gasteiger partial charge in [-0.3, -0.25) is 9.37 Å². The van der Waals surface area contributed by atoms with Gasteiger partial charge in [-0.25, -0.2) is 0 Å². The molecule has 90 valence electrons. The minimum absolute atomic E-state index is 0.291. The highest BCUT2D eigenvalue weighted by atomic mass is 19.1. The molecule has 1 aromatic heterocycles. The first kappa shape index (κ1) is 11.8. The summed E-state index contributed by atoms with van der Waals surface area (Å²) in [6, 6.07) is 9.65. The van der Waals surface area contributed by atoms with Crippen LogP contribution in [0.2, 0.25) is 0 Å². The van der Waals surface area contributed by atoms with E-state index >= 15 is 0 Å². The zero-order chi connectivity index (χ0) is 12.1. The van der Waals surface area contributed by atoms with E-state index in [-0.39, 0.29) is 6.67 Å². The third-order valence-corrected chi connectivity index (χ3v) is 2.59. The lowest BCUT2D eigenvalue weighted by atomic mass is 10.1. The first-order valence-electron chi connectivity index (χ1n) is 5.72. The van der Waals surface area contributed by atoms with Crippen LogP contribution in [0, 0.1) is 0 Å². The molecule has 0 bridgehead atoms. The van der Waals surface area contributed by atoms with Crippen molar-refractivity contribution in [2.45, 2.75) is 13.0 Å². The van der Waals surface area contributed by atoms with Crippen LogP contribution in [-0.2, 0) is 6.54 Å². The number of nitrogens with zero attached hydrogens (tertiary/aromatic N) is 1. The molecular formula is C13H16FN3. The predicted molar refractivity (Wildman–Crippen MR) is 68.5 cm³/mol. The second-order valence-electron chi connectivity index (χ2n) is 3.94. The molecular weight excluding hydrogens is 217 g/mol. The van der Waals surface area contributed by atoms with Crippen molar-refractivity contribution >= 4 is 16.6 Å². The van der Waals surface area contributed by atoms with Gasteiger partial charge in [-0.1, -0.05) is 18.2 Å². The van der Waals surface area contributed by atoms with Gasteiger partial charge in [0, 0.05) is 17.6 Å². The molecule has 0 fully saturated rings. The smallest absolute Gasteiger partial charge is 0.0906 e. The zero-order valence-electron chi connectivity index (χ0n) is 9.62. The van der Waals surface area contributed by atoms with Crippen LogP contribution in [-0.4, -0.2) is 18.2 Å². The number of halogens is 1. The number of hydrogen-bond donors (Lipinski definition) is 2. The fourth-order valence-electron chi connectivity index (χ4n) is 1.76. The lowest BCUT2D eigenvalue weighted by Crippen LogP contribution is -2.16. The molecule has 0 aliphatic heterocycles. The fourth-order valence-corrected chi connectivity index (χ4v) is 1.76. The molecule has 4 heteroatoms. The predicted octanol–water partition coefficient (Wildman–Crippen LogP) is 2.27. The standard InChI is InChI=1S/C13H16FN3/c14-6-3-7-16-9-10-8-12(15)11-4-1-2-5-13(11)17-10/h1-2,4-5,8,16H,3,6-7,9H2,(H2,15,17). The summed E-state index contributed by atoms with van der Waals surface area (Å²) in [5.74, 6) is 0. The molecule has 3 N–H and O–H groups in total. The number of alkyl halides is 1. The van der Waals surface area contributed by atoms with Crippen molar-refractivity contribution in [3.63, 3.8) is 0 Å². The summed E-state index contributed by atoms with van der Waals surface area (Å²) < 4.78 is 11.9. The third kappa shape index (κ3) is 2.91. The first-order valence-corrected chi connectivity index (χ1v) is 5.72. The normalized spacial score (nSPS) is 10.9. The summed E-state index contributed by atoms with van der Waals surface area (Å²) in [4.78, 5) is 4.50. The number of aromatic nitrogens is 1. The lowest BCUT2D eigenvalue weighted by molar-refractivity contribution is 0.458. The van der Waals surface area contributed by atoms with Crippen LogP contribution < -0.4 is 11.1 Å². The van der Waals surface area contributed by atoms with E-state index < -0.39 is 0 Å². The van der Waals surface area contributed by atoms with Crippen molar-refractivity contribution in [2.75, 3.05) is 19.0 Å². The topological polar surface area (TPSA) is 50.9 Å². The largest absolute Gasteiger partial charge is 0.398 e. The molecule has 0 spiro atoms. The number of nitrogen functional groups attached to an aromatic ring is 1. The Morgan fingerprint density at radius 3 is 2.94 bits per heavy atom. The summed E-state index contributed by atoms with van der Waals surface area (Å²) in [5, 5.41) is 4.11. The number of pyridine rings is 1. The van der Waals surface area contributed by atoms with E-state index in [0.29, 0.717) is 19.5 Å². The van der Waals surface area contributed by atoms with Crippen LogP contribution in [0.15, 0.2) is 30.3 Å². The summed E-state index contributed by atoms with van der Waals surface area (Å²) in [5.41, 5.74) is 8.48. The van der Waals surface area contributed by atoms with Crippen molar-refractivity contribution in [1.29, 1.82) is 0 Å². The van der Waals surface area contributed by atoms with Crippen molar-refractivity contribution in [3.05, 3.63) is 36.0 Å². The molecule has 0 amide bonds. The van der Waals surface area contributed by atoms with Gasteiger partial charge < -0.3 is 11.1 Å². The van der Waals surface area contributed by atoms with Crippen LogP contribution >= 0.6 is 0 Å². The highest BCUT2D eigenvalue weighted by Crippen LogP contribution is 2.19. The quantitative estimate of drug-likeness (QED) is 0.779. The molecule has 1 heterocycles. The number of nitrogens with one attached hydrogen (secondary N) is 1. The fraction of sp³-hybridized carbons (Fsp3) is 0.308. The van der Waals surface area contributed by atoms with Crippen LogP contribution in [0.4, 0.5) is 10.1 Å². The first-order chi connectivity index (χ1) is 8.31. The molecule has 2 aromatic rings. The Morgan fingerprint density at radius 1 is 1.29 bits per heavy atom. The molecule has 0 saturated carbocycles. The van der Waals surface area contributed by atoms with E-state index in [2.05, 4.69) is 10.3 Å². The van der Waals surface area contributed by atoms with Crippen molar-refractivity contribution < 1.29 is 4.39 Å². The molecule has 0 aliphatic rings. The minimum atomic E-state index is -0.291. The van der Waals surface area contributed by atoms with E-state index in [0.717, 1.165) is 22.3 Å². The van der Waals surface area contributed by atoms with Crippen molar-refractivity contribution in [3.8, 4) is 0 Å². The number of anilines is 1. The van der Waals surface area contributed by atoms with E-state index in [1.54, 1.807) is 0 Å². The SMILES string of the molecule is Nc1cc(CNCCCF)nc2ccccc12. The Bertz CT molecular complexity index is 499. The van der Waals surface area contributed by atoms with Gasteiger partial charge in [0.2, 0.25) is 0 Å². The van der Waals surface area contributed by atoms with Crippen LogP contribution in [0.1, 0.15) is 12.1 Å². The number of para-hydroxylation sites is 1. The van der Waals surface area contributed by atoms with Crippen LogP contribution in [0.5, 0.6) is 0 Å². The van der Waals surface area contributed by atoms with Crippen molar-refractivity contribution in [1.82, 2.24) is 10.3 Å².